The van der Waals surface area contributed by atoms with Gasteiger partial charge in [0.05, 0.1) is 14.0 Å². The molecule has 3 rings (SSSR count). The summed E-state index contributed by atoms with van der Waals surface area (Å²) < 4.78 is 1.52. The smallest absolute Gasteiger partial charge is 0.0991 e. The molecule has 1 aromatic heterocycles. The molecule has 0 saturated heterocycles. The fourth-order valence-corrected chi connectivity index (χ4v) is 5.45. The van der Waals surface area contributed by atoms with Crippen molar-refractivity contribution in [3.8, 4) is 0 Å². The zero-order valence-electron chi connectivity index (χ0n) is 8.76. The van der Waals surface area contributed by atoms with Crippen LogP contribution in [0, 0.1) is 17.8 Å². The van der Waals surface area contributed by atoms with Gasteiger partial charge in [-0.15, -0.1) is 22.9 Å². The third-order valence-electron chi connectivity index (χ3n) is 4.04. The van der Waals surface area contributed by atoms with E-state index in [0.29, 0.717) is 5.92 Å². The molecule has 0 N–H and O–H groups in total. The Bertz CT molecular complexity index is 389. The highest BCUT2D eigenvalue weighted by molar-refractivity contribution is 7.20. The van der Waals surface area contributed by atoms with E-state index in [9.17, 15) is 0 Å². The largest absolute Gasteiger partial charge is 0.117 e. The van der Waals surface area contributed by atoms with Gasteiger partial charge in [0.1, 0.15) is 0 Å². The van der Waals surface area contributed by atoms with Crippen LogP contribution in [0.5, 0.6) is 0 Å². The molecule has 88 valence electrons. The highest BCUT2D eigenvalue weighted by Crippen LogP contribution is 2.63. The molecule has 0 radical (unpaired) electrons. The van der Waals surface area contributed by atoms with Gasteiger partial charge in [-0.2, -0.15) is 0 Å². The van der Waals surface area contributed by atoms with Gasteiger partial charge in [-0.25, -0.2) is 0 Å². The average Bonchev–Trinajstić information content (AvgIpc) is 2.89. The first-order valence-electron chi connectivity index (χ1n) is 5.77. The Morgan fingerprint density at radius 3 is 2.31 bits per heavy atom. The zero-order chi connectivity index (χ0) is 11.3. The third-order valence-corrected chi connectivity index (χ3v) is 6.08. The Morgan fingerprint density at radius 2 is 1.81 bits per heavy atom. The summed E-state index contributed by atoms with van der Waals surface area (Å²) in [5, 5.41) is 0.0735. The van der Waals surface area contributed by atoms with E-state index >= 15 is 0 Å². The van der Waals surface area contributed by atoms with Crippen LogP contribution in [0.2, 0.25) is 8.67 Å². The highest BCUT2D eigenvalue weighted by Gasteiger charge is 2.54. The molecule has 0 bridgehead atoms. The summed E-state index contributed by atoms with van der Waals surface area (Å²) in [6.45, 7) is 0. The van der Waals surface area contributed by atoms with Crippen LogP contribution in [0.3, 0.4) is 0 Å². The van der Waals surface area contributed by atoms with Gasteiger partial charge in [-0.1, -0.05) is 36.0 Å². The lowest BCUT2D eigenvalue weighted by molar-refractivity contribution is 0.480. The van der Waals surface area contributed by atoms with Crippen molar-refractivity contribution >= 4 is 46.1 Å². The summed E-state index contributed by atoms with van der Waals surface area (Å²) >= 11 is 20.1. The molecule has 3 unspecified atom stereocenters. The second-order valence-corrected chi connectivity index (χ2v) is 7.63. The van der Waals surface area contributed by atoms with Crippen molar-refractivity contribution in [3.63, 3.8) is 0 Å². The van der Waals surface area contributed by atoms with E-state index < -0.39 is 0 Å². The first-order valence-corrected chi connectivity index (χ1v) is 7.78. The summed E-state index contributed by atoms with van der Waals surface area (Å²) in [6.07, 6.45) is 5.46. The van der Waals surface area contributed by atoms with Crippen LogP contribution >= 0.6 is 46.1 Å². The molecule has 0 aromatic carbocycles. The van der Waals surface area contributed by atoms with E-state index in [1.807, 2.05) is 6.07 Å². The molecule has 0 amide bonds. The lowest BCUT2D eigenvalue weighted by atomic mass is 10.0. The molecule has 2 fully saturated rings. The molecular formula is C12H13Cl3S. The Balaban J connectivity index is 1.78. The molecule has 2 aliphatic carbocycles. The molecule has 4 heteroatoms. The van der Waals surface area contributed by atoms with Gasteiger partial charge < -0.3 is 0 Å². The first kappa shape index (κ1) is 11.6. The van der Waals surface area contributed by atoms with Crippen molar-refractivity contribution in [3.05, 3.63) is 20.3 Å². The van der Waals surface area contributed by atoms with E-state index in [-0.39, 0.29) is 5.38 Å². The molecule has 0 spiro atoms. The second-order valence-electron chi connectivity index (χ2n) is 4.87. The Morgan fingerprint density at radius 1 is 1.19 bits per heavy atom. The Hall–Kier alpha value is 0.570. The van der Waals surface area contributed by atoms with Crippen molar-refractivity contribution in [1.29, 1.82) is 0 Å². The van der Waals surface area contributed by atoms with E-state index in [4.69, 9.17) is 34.8 Å². The van der Waals surface area contributed by atoms with Gasteiger partial charge in [-0.3, -0.25) is 0 Å². The van der Waals surface area contributed by atoms with Gasteiger partial charge in [0.15, 0.2) is 0 Å². The maximum atomic E-state index is 6.56. The van der Waals surface area contributed by atoms with Crippen molar-refractivity contribution in [2.75, 3.05) is 0 Å². The molecule has 3 atom stereocenters. The van der Waals surface area contributed by atoms with E-state index in [2.05, 4.69) is 0 Å². The van der Waals surface area contributed by atoms with Crippen molar-refractivity contribution in [2.45, 2.75) is 31.1 Å². The number of fused-ring (bicyclic) bond motifs is 1. The summed E-state index contributed by atoms with van der Waals surface area (Å²) in [7, 11) is 0. The lowest BCUT2D eigenvalue weighted by Gasteiger charge is -2.07. The predicted molar refractivity (Wildman–Crippen MR) is 71.9 cm³/mol. The fourth-order valence-electron chi connectivity index (χ4n) is 3.23. The third kappa shape index (κ3) is 1.90. The van der Waals surface area contributed by atoms with Crippen LogP contribution < -0.4 is 0 Å². The summed E-state index contributed by atoms with van der Waals surface area (Å²) in [5.41, 5.74) is 1.05. The molecule has 1 aromatic rings. The van der Waals surface area contributed by atoms with Crippen LogP contribution in [0.4, 0.5) is 0 Å². The standard InChI is InChI=1S/C12H13Cl3S/c13-9-5-8(12(15)16-9)11(14)10-6-3-1-2-4-7(6)10/h5-7,10-11H,1-4H2. The second kappa shape index (κ2) is 4.35. The zero-order valence-corrected chi connectivity index (χ0v) is 11.8. The van der Waals surface area contributed by atoms with Gasteiger partial charge in [0.25, 0.3) is 0 Å². The topological polar surface area (TPSA) is 0 Å². The van der Waals surface area contributed by atoms with Crippen LogP contribution in [0.1, 0.15) is 36.6 Å². The minimum atomic E-state index is 0.0735. The van der Waals surface area contributed by atoms with Crippen molar-refractivity contribution < 1.29 is 0 Å². The van der Waals surface area contributed by atoms with Gasteiger partial charge in [0.2, 0.25) is 0 Å². The van der Waals surface area contributed by atoms with Crippen LogP contribution in [0.15, 0.2) is 6.07 Å². The van der Waals surface area contributed by atoms with Gasteiger partial charge >= 0.3 is 0 Å². The van der Waals surface area contributed by atoms with E-state index in [0.717, 1.165) is 26.1 Å². The van der Waals surface area contributed by atoms with Crippen molar-refractivity contribution in [1.82, 2.24) is 0 Å². The predicted octanol–water partition coefficient (Wildman–Crippen LogP) is 5.77. The highest BCUT2D eigenvalue weighted by atomic mass is 35.5. The molecular weight excluding hydrogens is 283 g/mol. The number of hydrogen-bond donors (Lipinski definition) is 0. The maximum absolute atomic E-state index is 6.56. The molecule has 1 heterocycles. The number of halogens is 3. The summed E-state index contributed by atoms with van der Waals surface area (Å²) in [6, 6.07) is 1.94. The SMILES string of the molecule is Clc1cc(C(Cl)C2C3CCCCC32)c(Cl)s1. The molecule has 0 aliphatic heterocycles. The molecule has 2 saturated carbocycles. The van der Waals surface area contributed by atoms with Crippen LogP contribution in [-0.4, -0.2) is 0 Å². The summed E-state index contributed by atoms with van der Waals surface area (Å²) in [4.78, 5) is 0. The Labute approximate surface area is 115 Å². The minimum Gasteiger partial charge on any atom is -0.117 e. The molecule has 2 aliphatic rings. The quantitative estimate of drug-likeness (QED) is 0.607. The normalized spacial score (nSPS) is 34.6. The van der Waals surface area contributed by atoms with E-state index in [1.165, 1.54) is 37.0 Å². The van der Waals surface area contributed by atoms with Crippen LogP contribution in [0.25, 0.3) is 0 Å². The number of rotatable bonds is 2. The van der Waals surface area contributed by atoms with Crippen LogP contribution in [-0.2, 0) is 0 Å². The number of alkyl halides is 1. The number of hydrogen-bond acceptors (Lipinski definition) is 1. The maximum Gasteiger partial charge on any atom is 0.0991 e. The van der Waals surface area contributed by atoms with Gasteiger partial charge in [-0.05, 0) is 36.7 Å². The van der Waals surface area contributed by atoms with E-state index in [1.54, 1.807) is 0 Å². The molecule has 0 nitrogen and oxygen atoms in total. The molecule has 16 heavy (non-hydrogen) atoms. The van der Waals surface area contributed by atoms with Gasteiger partial charge in [0, 0.05) is 5.56 Å². The minimum absolute atomic E-state index is 0.0735. The summed E-state index contributed by atoms with van der Waals surface area (Å²) in [5.74, 6) is 2.35. The first-order chi connectivity index (χ1) is 7.68. The Kier molecular flexibility index (Phi) is 3.17. The fraction of sp³-hybridized carbons (Fsp3) is 0.667. The number of thiophene rings is 1. The monoisotopic (exact) mass is 294 g/mol. The van der Waals surface area contributed by atoms with Crippen molar-refractivity contribution in [2.24, 2.45) is 17.8 Å². The average molecular weight is 296 g/mol. The lowest BCUT2D eigenvalue weighted by Crippen LogP contribution is -1.94.